The lowest BCUT2D eigenvalue weighted by Gasteiger charge is -2.21. The van der Waals surface area contributed by atoms with Crippen LogP contribution < -0.4 is 0 Å². The molecular formula is C20H19NO3. The Morgan fingerprint density at radius 1 is 1.21 bits per heavy atom. The number of aryl methyl sites for hydroxylation is 1. The molecule has 0 aliphatic heterocycles. The highest BCUT2D eigenvalue weighted by atomic mass is 16.3. The number of carbonyl (C=O) groups is 1. The topological polar surface area (TPSA) is 67.1 Å². The molecule has 2 heterocycles. The third-order valence-corrected chi connectivity index (χ3v) is 4.55. The van der Waals surface area contributed by atoms with Gasteiger partial charge in [-0.15, -0.1) is 0 Å². The van der Waals surface area contributed by atoms with Gasteiger partial charge in [-0.25, -0.2) is 0 Å². The van der Waals surface area contributed by atoms with Crippen LogP contribution in [-0.2, 0) is 11.2 Å². The summed E-state index contributed by atoms with van der Waals surface area (Å²) in [6.07, 6.45) is 7.49. The van der Waals surface area contributed by atoms with Crippen LogP contribution in [0.25, 0.3) is 11.3 Å². The van der Waals surface area contributed by atoms with E-state index in [2.05, 4.69) is 0 Å². The molecule has 2 aromatic heterocycles. The van der Waals surface area contributed by atoms with Gasteiger partial charge >= 0.3 is 0 Å². The van der Waals surface area contributed by atoms with Gasteiger partial charge in [0.1, 0.15) is 17.6 Å². The Kier molecular flexibility index (Phi) is 4.52. The smallest absolute Gasteiger partial charge is 0.180 e. The number of ketones is 1. The van der Waals surface area contributed by atoms with Gasteiger partial charge in [-0.1, -0.05) is 12.5 Å². The van der Waals surface area contributed by atoms with Gasteiger partial charge in [0.15, 0.2) is 5.78 Å². The van der Waals surface area contributed by atoms with Crippen molar-refractivity contribution in [1.82, 2.24) is 0 Å². The lowest BCUT2D eigenvalue weighted by Crippen LogP contribution is -2.20. The molecule has 24 heavy (non-hydrogen) atoms. The van der Waals surface area contributed by atoms with Gasteiger partial charge in [-0.2, -0.15) is 5.26 Å². The second kappa shape index (κ2) is 6.76. The average molecular weight is 321 g/mol. The molecule has 0 bridgehead atoms. The number of furan rings is 2. The van der Waals surface area contributed by atoms with E-state index in [4.69, 9.17) is 14.1 Å². The van der Waals surface area contributed by atoms with E-state index in [-0.39, 0.29) is 17.3 Å². The molecule has 0 amide bonds. The van der Waals surface area contributed by atoms with Gasteiger partial charge in [-0.05, 0) is 49.6 Å². The van der Waals surface area contributed by atoms with E-state index in [0.29, 0.717) is 0 Å². The van der Waals surface area contributed by atoms with Crippen molar-refractivity contribution in [1.29, 1.82) is 5.26 Å². The fourth-order valence-corrected chi connectivity index (χ4v) is 3.24. The Balaban J connectivity index is 1.70. The first kappa shape index (κ1) is 16.1. The van der Waals surface area contributed by atoms with Gasteiger partial charge in [0, 0.05) is 12.3 Å². The molecule has 0 N–H and O–H groups in total. The van der Waals surface area contributed by atoms with E-state index in [0.717, 1.165) is 47.5 Å². The van der Waals surface area contributed by atoms with Crippen molar-refractivity contribution < 1.29 is 13.6 Å². The van der Waals surface area contributed by atoms with Crippen LogP contribution in [0.15, 0.2) is 62.4 Å². The number of hydrogen-bond acceptors (Lipinski definition) is 4. The molecule has 0 aromatic carbocycles. The van der Waals surface area contributed by atoms with E-state index < -0.39 is 0 Å². The van der Waals surface area contributed by atoms with E-state index in [1.807, 2.05) is 38.1 Å². The summed E-state index contributed by atoms with van der Waals surface area (Å²) in [6, 6.07) is 7.67. The zero-order chi connectivity index (χ0) is 17.1. The van der Waals surface area contributed by atoms with Gasteiger partial charge in [0.25, 0.3) is 0 Å². The number of allylic oxidation sites excluding steroid dienone is 4. The van der Waals surface area contributed by atoms with Gasteiger partial charge in [0.05, 0.1) is 23.7 Å². The maximum Gasteiger partial charge on any atom is 0.180 e. The Bertz CT molecular complexity index is 844. The van der Waals surface area contributed by atoms with Crippen molar-refractivity contribution in [3.8, 4) is 17.4 Å². The van der Waals surface area contributed by atoms with Crippen LogP contribution in [0.1, 0.15) is 32.4 Å². The number of rotatable bonds is 5. The molecule has 1 aliphatic rings. The normalized spacial score (nSPS) is 17.8. The minimum atomic E-state index is -0.217. The lowest BCUT2D eigenvalue weighted by atomic mass is 9.81. The molecular weight excluding hydrogens is 302 g/mol. The molecule has 0 saturated carbocycles. The highest BCUT2D eigenvalue weighted by molar-refractivity contribution is 6.03. The first-order valence-corrected chi connectivity index (χ1v) is 8.07. The highest BCUT2D eigenvalue weighted by Crippen LogP contribution is 2.31. The van der Waals surface area contributed by atoms with Crippen molar-refractivity contribution in [3.05, 3.63) is 59.3 Å². The molecule has 0 spiro atoms. The molecule has 4 nitrogen and oxygen atoms in total. The van der Waals surface area contributed by atoms with Crippen LogP contribution in [0.4, 0.5) is 0 Å². The quantitative estimate of drug-likeness (QED) is 0.789. The van der Waals surface area contributed by atoms with Crippen LogP contribution in [0.3, 0.4) is 0 Å². The Hall–Kier alpha value is -2.80. The van der Waals surface area contributed by atoms with Crippen molar-refractivity contribution in [2.24, 2.45) is 5.92 Å². The predicted octanol–water partition coefficient (Wildman–Crippen LogP) is 4.85. The monoisotopic (exact) mass is 321 g/mol. The van der Waals surface area contributed by atoms with E-state index in [1.54, 1.807) is 18.6 Å². The Morgan fingerprint density at radius 2 is 2.04 bits per heavy atom. The lowest BCUT2D eigenvalue weighted by molar-refractivity contribution is -0.117. The molecule has 0 radical (unpaired) electrons. The molecule has 1 aliphatic carbocycles. The number of nitriles is 1. The van der Waals surface area contributed by atoms with E-state index in [1.165, 1.54) is 0 Å². The molecule has 1 atom stereocenters. The van der Waals surface area contributed by atoms with Crippen LogP contribution >= 0.6 is 0 Å². The summed E-state index contributed by atoms with van der Waals surface area (Å²) < 4.78 is 11.0. The number of Topliss-reactive ketones (excluding diaryl/α,β-unsaturated/α-hetero) is 1. The maximum absolute atomic E-state index is 12.2. The zero-order valence-corrected chi connectivity index (χ0v) is 13.8. The molecule has 2 aromatic rings. The largest absolute Gasteiger partial charge is 0.469 e. The van der Waals surface area contributed by atoms with Gasteiger partial charge in [-0.3, -0.25) is 4.79 Å². The highest BCUT2D eigenvalue weighted by Gasteiger charge is 2.26. The second-order valence-corrected chi connectivity index (χ2v) is 6.05. The maximum atomic E-state index is 12.2. The summed E-state index contributed by atoms with van der Waals surface area (Å²) in [6.45, 7) is 3.85. The fraction of sp³-hybridized carbons (Fsp3) is 0.300. The minimum Gasteiger partial charge on any atom is -0.469 e. The molecule has 3 rings (SSSR count). The van der Waals surface area contributed by atoms with Crippen molar-refractivity contribution in [2.45, 2.75) is 33.1 Å². The van der Waals surface area contributed by atoms with Crippen LogP contribution in [0, 0.1) is 17.2 Å². The number of nitrogens with zero attached hydrogens (tertiary/aromatic N) is 1. The van der Waals surface area contributed by atoms with Crippen LogP contribution in [-0.4, -0.2) is 5.78 Å². The van der Waals surface area contributed by atoms with Crippen LogP contribution in [0.2, 0.25) is 0 Å². The average Bonchev–Trinajstić information content (AvgIpc) is 3.24. The Morgan fingerprint density at radius 3 is 2.75 bits per heavy atom. The fourth-order valence-electron chi connectivity index (χ4n) is 3.24. The predicted molar refractivity (Wildman–Crippen MR) is 89.9 cm³/mol. The molecule has 4 heteroatoms. The van der Waals surface area contributed by atoms with Gasteiger partial charge < -0.3 is 8.83 Å². The molecule has 0 fully saturated rings. The zero-order valence-electron chi connectivity index (χ0n) is 13.8. The molecule has 1 unspecified atom stereocenters. The standard InChI is InChI=1S/C20H19NO3/c1-13-11-15(12-21)20(22)14(2)16(13)5-3-6-18-17(8-10-24-18)19-7-4-9-23-19/h4,7-11,14H,3,5-6H2,1-2H3. The summed E-state index contributed by atoms with van der Waals surface area (Å²) in [7, 11) is 0. The van der Waals surface area contributed by atoms with Gasteiger partial charge in [0.2, 0.25) is 0 Å². The first-order valence-electron chi connectivity index (χ1n) is 8.07. The second-order valence-electron chi connectivity index (χ2n) is 6.05. The SMILES string of the molecule is CC1=C(CCCc2occc2-c2ccco2)C(C)C(=O)C(C#N)=C1. The minimum absolute atomic E-state index is 0.0765. The summed E-state index contributed by atoms with van der Waals surface area (Å²) in [5.74, 6) is 1.40. The number of hydrogen-bond donors (Lipinski definition) is 0. The summed E-state index contributed by atoms with van der Waals surface area (Å²) >= 11 is 0. The van der Waals surface area contributed by atoms with Crippen molar-refractivity contribution in [2.75, 3.05) is 0 Å². The third-order valence-electron chi connectivity index (χ3n) is 4.55. The van der Waals surface area contributed by atoms with Crippen molar-refractivity contribution >= 4 is 5.78 Å². The van der Waals surface area contributed by atoms with E-state index >= 15 is 0 Å². The molecule has 0 saturated heterocycles. The van der Waals surface area contributed by atoms with Crippen LogP contribution in [0.5, 0.6) is 0 Å². The van der Waals surface area contributed by atoms with E-state index in [9.17, 15) is 4.79 Å². The molecule has 122 valence electrons. The number of carbonyl (C=O) groups excluding carboxylic acids is 1. The summed E-state index contributed by atoms with van der Waals surface area (Å²) in [5.41, 5.74) is 3.38. The summed E-state index contributed by atoms with van der Waals surface area (Å²) in [4.78, 5) is 12.2. The first-order chi connectivity index (χ1) is 11.6. The summed E-state index contributed by atoms with van der Waals surface area (Å²) in [5, 5.41) is 9.02. The Labute approximate surface area is 141 Å². The van der Waals surface area contributed by atoms with Crippen molar-refractivity contribution in [3.63, 3.8) is 0 Å². The third kappa shape index (κ3) is 2.98.